The minimum absolute atomic E-state index is 0.0603. The average molecular weight is 429 g/mol. The molecule has 3 rings (SSSR count). The van der Waals surface area contributed by atoms with E-state index in [1.54, 1.807) is 0 Å². The molecule has 0 bridgehead atoms. The molecule has 1 aromatic heterocycles. The van der Waals surface area contributed by atoms with Gasteiger partial charge in [-0.25, -0.2) is 0 Å². The lowest BCUT2D eigenvalue weighted by molar-refractivity contribution is -0.131. The maximum Gasteiger partial charge on any atom is 0.231 e. The van der Waals surface area contributed by atoms with E-state index >= 15 is 0 Å². The molecule has 24 heavy (non-hydrogen) atoms. The van der Waals surface area contributed by atoms with E-state index in [0.29, 0.717) is 26.1 Å². The Kier molecular flexibility index (Phi) is 5.65. The normalized spacial score (nSPS) is 18.1. The highest BCUT2D eigenvalue weighted by Crippen LogP contribution is 2.37. The number of halogens is 2. The second-order valence-electron chi connectivity index (χ2n) is 6.04. The van der Waals surface area contributed by atoms with Gasteiger partial charge in [-0.15, -0.1) is 11.3 Å². The van der Waals surface area contributed by atoms with Crippen LogP contribution < -0.4 is 5.32 Å². The maximum absolute atomic E-state index is 13.2. The fraction of sp³-hybridized carbons (Fsp3) is 0.389. The summed E-state index contributed by atoms with van der Waals surface area (Å²) in [6, 6.07) is 11.8. The molecule has 2 heterocycles. The van der Waals surface area contributed by atoms with E-state index < -0.39 is 5.41 Å². The van der Waals surface area contributed by atoms with Crippen LogP contribution in [-0.2, 0) is 14.9 Å². The van der Waals surface area contributed by atoms with E-state index in [2.05, 4.69) is 21.2 Å². The van der Waals surface area contributed by atoms with Gasteiger partial charge in [0.25, 0.3) is 0 Å². The Morgan fingerprint density at radius 3 is 2.50 bits per heavy atom. The molecular weight excluding hydrogens is 410 g/mol. The Bertz CT molecular complexity index is 710. The standard InChI is InChI=1S/C18H19BrClNO2S/c1-12(15-6-7-16(20)24-15)21-17(22)18(8-10-23-11-9-18)13-2-4-14(19)5-3-13/h2-7,12H,8-11H2,1H3,(H,21,22). The van der Waals surface area contributed by atoms with E-state index in [9.17, 15) is 4.79 Å². The van der Waals surface area contributed by atoms with Crippen LogP contribution in [0.15, 0.2) is 40.9 Å². The van der Waals surface area contributed by atoms with Crippen molar-refractivity contribution in [2.45, 2.75) is 31.2 Å². The Balaban J connectivity index is 1.85. The van der Waals surface area contributed by atoms with Gasteiger partial charge in [0.05, 0.1) is 15.8 Å². The summed E-state index contributed by atoms with van der Waals surface area (Å²) in [5.41, 5.74) is 0.511. The first-order valence-corrected chi connectivity index (χ1v) is 9.90. The topological polar surface area (TPSA) is 38.3 Å². The van der Waals surface area contributed by atoms with Crippen molar-refractivity contribution in [2.75, 3.05) is 13.2 Å². The first-order chi connectivity index (χ1) is 11.5. The third-order valence-corrected chi connectivity index (χ3v) is 6.49. The van der Waals surface area contributed by atoms with E-state index in [-0.39, 0.29) is 11.9 Å². The number of hydrogen-bond acceptors (Lipinski definition) is 3. The number of carbonyl (C=O) groups excluding carboxylic acids is 1. The van der Waals surface area contributed by atoms with E-state index in [0.717, 1.165) is 19.2 Å². The van der Waals surface area contributed by atoms with Crippen LogP contribution >= 0.6 is 38.9 Å². The van der Waals surface area contributed by atoms with Crippen LogP contribution in [0.4, 0.5) is 0 Å². The summed E-state index contributed by atoms with van der Waals surface area (Å²) >= 11 is 11.0. The fourth-order valence-corrected chi connectivity index (χ4v) is 4.43. The molecule has 1 unspecified atom stereocenters. The van der Waals surface area contributed by atoms with Crippen molar-refractivity contribution < 1.29 is 9.53 Å². The second-order valence-corrected chi connectivity index (χ2v) is 8.70. The molecule has 1 aliphatic heterocycles. The molecule has 0 saturated carbocycles. The molecule has 1 N–H and O–H groups in total. The van der Waals surface area contributed by atoms with Crippen LogP contribution in [0, 0.1) is 0 Å². The van der Waals surface area contributed by atoms with Gasteiger partial charge in [0.1, 0.15) is 0 Å². The highest BCUT2D eigenvalue weighted by atomic mass is 79.9. The van der Waals surface area contributed by atoms with Crippen LogP contribution in [0.2, 0.25) is 4.34 Å². The van der Waals surface area contributed by atoms with Gasteiger partial charge < -0.3 is 10.1 Å². The second kappa shape index (κ2) is 7.56. The van der Waals surface area contributed by atoms with Gasteiger partial charge in [-0.1, -0.05) is 39.7 Å². The van der Waals surface area contributed by atoms with E-state index in [1.165, 1.54) is 11.3 Å². The highest BCUT2D eigenvalue weighted by molar-refractivity contribution is 9.10. The molecule has 1 aliphatic rings. The smallest absolute Gasteiger partial charge is 0.231 e. The van der Waals surface area contributed by atoms with Crippen molar-refractivity contribution in [3.8, 4) is 0 Å². The zero-order valence-electron chi connectivity index (χ0n) is 13.4. The lowest BCUT2D eigenvalue weighted by Crippen LogP contribution is -2.48. The minimum atomic E-state index is -0.533. The van der Waals surface area contributed by atoms with Crippen molar-refractivity contribution in [3.63, 3.8) is 0 Å². The number of thiophene rings is 1. The van der Waals surface area contributed by atoms with Gasteiger partial charge in [-0.05, 0) is 49.6 Å². The van der Waals surface area contributed by atoms with Crippen LogP contribution in [0.5, 0.6) is 0 Å². The van der Waals surface area contributed by atoms with Crippen molar-refractivity contribution in [1.29, 1.82) is 0 Å². The summed E-state index contributed by atoms with van der Waals surface area (Å²) < 4.78 is 7.25. The van der Waals surface area contributed by atoms with Crippen LogP contribution in [0.1, 0.15) is 36.2 Å². The average Bonchev–Trinajstić information content (AvgIpc) is 3.02. The minimum Gasteiger partial charge on any atom is -0.381 e. The third kappa shape index (κ3) is 3.69. The summed E-state index contributed by atoms with van der Waals surface area (Å²) in [6.45, 7) is 3.19. The number of nitrogens with one attached hydrogen (secondary N) is 1. The molecule has 1 fully saturated rings. The number of hydrogen-bond donors (Lipinski definition) is 1. The molecule has 3 nitrogen and oxygen atoms in total. The fourth-order valence-electron chi connectivity index (χ4n) is 3.10. The molecule has 1 aromatic carbocycles. The molecule has 128 valence electrons. The number of rotatable bonds is 4. The van der Waals surface area contributed by atoms with E-state index in [4.69, 9.17) is 16.3 Å². The van der Waals surface area contributed by atoms with Crippen molar-refractivity contribution in [2.24, 2.45) is 0 Å². The Morgan fingerprint density at radius 2 is 1.92 bits per heavy atom. The quantitative estimate of drug-likeness (QED) is 0.736. The predicted molar refractivity (Wildman–Crippen MR) is 102 cm³/mol. The van der Waals surface area contributed by atoms with Gasteiger partial charge in [0, 0.05) is 22.6 Å². The van der Waals surface area contributed by atoms with Crippen molar-refractivity contribution in [3.05, 3.63) is 55.6 Å². The third-order valence-electron chi connectivity index (χ3n) is 4.55. The predicted octanol–water partition coefficient (Wildman–Crippen LogP) is 5.09. The van der Waals surface area contributed by atoms with Crippen LogP contribution in [0.3, 0.4) is 0 Å². The Morgan fingerprint density at radius 1 is 1.25 bits per heavy atom. The van der Waals surface area contributed by atoms with E-state index in [1.807, 2.05) is 43.3 Å². The maximum atomic E-state index is 13.2. The molecule has 1 atom stereocenters. The number of amides is 1. The molecular formula is C18H19BrClNO2S. The Labute approximate surface area is 159 Å². The summed E-state index contributed by atoms with van der Waals surface area (Å²) in [6.07, 6.45) is 1.39. The number of benzene rings is 1. The van der Waals surface area contributed by atoms with Gasteiger partial charge in [0.15, 0.2) is 0 Å². The van der Waals surface area contributed by atoms with Gasteiger partial charge in [-0.3, -0.25) is 4.79 Å². The largest absolute Gasteiger partial charge is 0.381 e. The van der Waals surface area contributed by atoms with Gasteiger partial charge in [0.2, 0.25) is 5.91 Å². The SMILES string of the molecule is CC(NC(=O)C1(c2ccc(Br)cc2)CCOCC1)c1ccc(Cl)s1. The molecule has 6 heteroatoms. The summed E-state index contributed by atoms with van der Waals surface area (Å²) in [5, 5.41) is 3.18. The number of carbonyl (C=O) groups is 1. The summed E-state index contributed by atoms with van der Waals surface area (Å²) in [4.78, 5) is 14.3. The Hall–Kier alpha value is -0.880. The van der Waals surface area contributed by atoms with Crippen molar-refractivity contribution >= 4 is 44.8 Å². The zero-order chi connectivity index (χ0) is 17.2. The summed E-state index contributed by atoms with van der Waals surface area (Å²) in [7, 11) is 0. The molecule has 1 amide bonds. The lowest BCUT2D eigenvalue weighted by atomic mass is 9.73. The van der Waals surface area contributed by atoms with Crippen LogP contribution in [-0.4, -0.2) is 19.1 Å². The zero-order valence-corrected chi connectivity index (χ0v) is 16.5. The molecule has 0 spiro atoms. The van der Waals surface area contributed by atoms with Gasteiger partial charge in [-0.2, -0.15) is 0 Å². The van der Waals surface area contributed by atoms with Crippen molar-refractivity contribution in [1.82, 2.24) is 5.32 Å². The molecule has 0 aliphatic carbocycles. The van der Waals surface area contributed by atoms with Crippen LogP contribution in [0.25, 0.3) is 0 Å². The summed E-state index contributed by atoms with van der Waals surface area (Å²) in [5.74, 6) is 0.0603. The number of ether oxygens (including phenoxy) is 1. The molecule has 1 saturated heterocycles. The lowest BCUT2D eigenvalue weighted by Gasteiger charge is -2.37. The molecule has 2 aromatic rings. The highest BCUT2D eigenvalue weighted by Gasteiger charge is 2.42. The van der Waals surface area contributed by atoms with Gasteiger partial charge >= 0.3 is 0 Å². The monoisotopic (exact) mass is 427 g/mol. The molecule has 0 radical (unpaired) electrons. The first kappa shape index (κ1) is 17.9. The first-order valence-electron chi connectivity index (χ1n) is 7.91.